The summed E-state index contributed by atoms with van der Waals surface area (Å²) in [6.45, 7) is 5.49. The molecule has 3 rings (SSSR count). The van der Waals surface area contributed by atoms with Gasteiger partial charge in [-0.3, -0.25) is 0 Å². The Balaban J connectivity index is 1.69. The van der Waals surface area contributed by atoms with Crippen LogP contribution in [-0.2, 0) is 41.7 Å². The van der Waals surface area contributed by atoms with Crippen LogP contribution in [-0.4, -0.2) is 44.3 Å². The van der Waals surface area contributed by atoms with Gasteiger partial charge in [0.1, 0.15) is 0 Å². The van der Waals surface area contributed by atoms with Crippen molar-refractivity contribution in [3.8, 4) is 0 Å². The molecule has 0 spiro atoms. The second-order valence-corrected chi connectivity index (χ2v) is 8.45. The van der Waals surface area contributed by atoms with Gasteiger partial charge in [0.15, 0.2) is 6.29 Å². The van der Waals surface area contributed by atoms with Crippen molar-refractivity contribution in [3.05, 3.63) is 83.4 Å². The predicted molar refractivity (Wildman–Crippen MR) is 130 cm³/mol. The number of carbonyl (C=O) groups is 1. The van der Waals surface area contributed by atoms with Gasteiger partial charge in [0.05, 0.1) is 38.6 Å². The molecule has 0 amide bonds. The van der Waals surface area contributed by atoms with Crippen LogP contribution < -0.4 is 0 Å². The molecule has 0 N–H and O–H groups in total. The minimum atomic E-state index is -0.394. The monoisotopic (exact) mass is 468 g/mol. The molecule has 1 aliphatic heterocycles. The molecule has 1 unspecified atom stereocenters. The van der Waals surface area contributed by atoms with Crippen LogP contribution in [0, 0.1) is 0 Å². The van der Waals surface area contributed by atoms with Gasteiger partial charge in [0.25, 0.3) is 0 Å². The van der Waals surface area contributed by atoms with Crippen molar-refractivity contribution in [1.82, 2.24) is 0 Å². The maximum atomic E-state index is 11.8. The lowest BCUT2D eigenvalue weighted by atomic mass is 9.95. The molecule has 0 bridgehead atoms. The first-order chi connectivity index (χ1) is 16.6. The standard InChI is InChI=1S/C28H36O6/c1-4-31-28-17-24(16-27(29)30-3)15-25(34-28)18-26(33-20-23-13-9-6-10-14-23)21(2)32-19-22-11-7-5-8-12-22/h5-14,16,21,25-26,28H,4,15,17-20H2,1-3H3/b24-16-/t21-,25+,26-,28?/m1/s1. The third-order valence-corrected chi connectivity index (χ3v) is 5.82. The van der Waals surface area contributed by atoms with Crippen LogP contribution in [0.25, 0.3) is 0 Å². The predicted octanol–water partition coefficient (Wildman–Crippen LogP) is 5.21. The summed E-state index contributed by atoms with van der Waals surface area (Å²) in [7, 11) is 1.38. The van der Waals surface area contributed by atoms with Crippen molar-refractivity contribution in [3.63, 3.8) is 0 Å². The summed E-state index contributed by atoms with van der Waals surface area (Å²) < 4.78 is 29.3. The Labute approximate surface area is 202 Å². The van der Waals surface area contributed by atoms with Crippen molar-refractivity contribution in [2.24, 2.45) is 0 Å². The van der Waals surface area contributed by atoms with Crippen LogP contribution in [0.4, 0.5) is 0 Å². The lowest BCUT2D eigenvalue weighted by Gasteiger charge is -2.35. The Morgan fingerprint density at radius 3 is 2.21 bits per heavy atom. The lowest BCUT2D eigenvalue weighted by Crippen LogP contribution is -2.38. The van der Waals surface area contributed by atoms with Gasteiger partial charge in [-0.1, -0.05) is 66.2 Å². The van der Waals surface area contributed by atoms with Crippen molar-refractivity contribution in [2.45, 2.75) is 70.9 Å². The molecular weight excluding hydrogens is 432 g/mol. The van der Waals surface area contributed by atoms with E-state index in [0.29, 0.717) is 39.1 Å². The van der Waals surface area contributed by atoms with Crippen LogP contribution >= 0.6 is 0 Å². The molecule has 4 atom stereocenters. The molecule has 0 aromatic heterocycles. The molecule has 1 heterocycles. The van der Waals surface area contributed by atoms with E-state index in [1.165, 1.54) is 7.11 Å². The molecule has 0 aliphatic carbocycles. The maximum absolute atomic E-state index is 11.8. The quantitative estimate of drug-likeness (QED) is 0.315. The first-order valence-corrected chi connectivity index (χ1v) is 11.9. The van der Waals surface area contributed by atoms with Crippen LogP contribution in [0.15, 0.2) is 72.3 Å². The normalized spacial score (nSPS) is 21.2. The fourth-order valence-corrected chi connectivity index (χ4v) is 4.01. The SMILES string of the molecule is CCOC1C/C(=C\C(=O)OC)C[C@@H](C[C@@H](OCc2ccccc2)[C@@H](C)OCc2ccccc2)O1. The zero-order chi connectivity index (χ0) is 24.2. The van der Waals surface area contributed by atoms with Crippen molar-refractivity contribution < 1.29 is 28.5 Å². The van der Waals surface area contributed by atoms with E-state index in [0.717, 1.165) is 16.7 Å². The molecule has 0 radical (unpaired) electrons. The van der Waals surface area contributed by atoms with Gasteiger partial charge in [-0.05, 0) is 31.4 Å². The van der Waals surface area contributed by atoms with E-state index in [-0.39, 0.29) is 24.3 Å². The van der Waals surface area contributed by atoms with Gasteiger partial charge in [-0.25, -0.2) is 4.79 Å². The minimum Gasteiger partial charge on any atom is -0.466 e. The van der Waals surface area contributed by atoms with Gasteiger partial charge in [0, 0.05) is 25.5 Å². The molecule has 2 aromatic carbocycles. The fourth-order valence-electron chi connectivity index (χ4n) is 4.01. The Morgan fingerprint density at radius 1 is 1.00 bits per heavy atom. The van der Waals surface area contributed by atoms with Crippen molar-refractivity contribution >= 4 is 5.97 Å². The van der Waals surface area contributed by atoms with E-state index in [1.54, 1.807) is 6.08 Å². The molecule has 6 nitrogen and oxygen atoms in total. The molecule has 1 saturated heterocycles. The summed E-state index contributed by atoms with van der Waals surface area (Å²) in [5.74, 6) is -0.359. The number of hydrogen-bond donors (Lipinski definition) is 0. The van der Waals surface area contributed by atoms with Gasteiger partial charge in [0.2, 0.25) is 0 Å². The Kier molecular flexibility index (Phi) is 10.8. The Bertz CT molecular complexity index is 882. The summed E-state index contributed by atoms with van der Waals surface area (Å²) in [5.41, 5.74) is 3.18. The molecule has 0 saturated carbocycles. The summed E-state index contributed by atoms with van der Waals surface area (Å²) >= 11 is 0. The zero-order valence-corrected chi connectivity index (χ0v) is 20.4. The van der Waals surface area contributed by atoms with E-state index < -0.39 is 6.29 Å². The van der Waals surface area contributed by atoms with Crippen molar-refractivity contribution in [2.75, 3.05) is 13.7 Å². The number of methoxy groups -OCH3 is 1. The van der Waals surface area contributed by atoms with Crippen molar-refractivity contribution in [1.29, 1.82) is 0 Å². The number of benzene rings is 2. The number of carbonyl (C=O) groups excluding carboxylic acids is 1. The molecule has 6 heteroatoms. The number of hydrogen-bond acceptors (Lipinski definition) is 6. The fraction of sp³-hybridized carbons (Fsp3) is 0.464. The smallest absolute Gasteiger partial charge is 0.330 e. The van der Waals surface area contributed by atoms with Crippen LogP contribution in [0.2, 0.25) is 0 Å². The highest BCUT2D eigenvalue weighted by Crippen LogP contribution is 2.29. The van der Waals surface area contributed by atoms with Gasteiger partial charge >= 0.3 is 5.97 Å². The van der Waals surface area contributed by atoms with Crippen LogP contribution in [0.1, 0.15) is 44.2 Å². The third-order valence-electron chi connectivity index (χ3n) is 5.82. The second-order valence-electron chi connectivity index (χ2n) is 8.45. The molecule has 2 aromatic rings. The highest BCUT2D eigenvalue weighted by atomic mass is 16.7. The average Bonchev–Trinajstić information content (AvgIpc) is 2.86. The number of ether oxygens (including phenoxy) is 5. The molecule has 1 fully saturated rings. The second kappa shape index (κ2) is 14.0. The Morgan fingerprint density at radius 2 is 1.62 bits per heavy atom. The summed E-state index contributed by atoms with van der Waals surface area (Å²) in [6.07, 6.45) is 2.42. The maximum Gasteiger partial charge on any atom is 0.330 e. The van der Waals surface area contributed by atoms with Gasteiger partial charge in [-0.2, -0.15) is 0 Å². The molecule has 184 valence electrons. The van der Waals surface area contributed by atoms with E-state index in [9.17, 15) is 4.79 Å². The van der Waals surface area contributed by atoms with Crippen LogP contribution in [0.3, 0.4) is 0 Å². The first kappa shape index (κ1) is 26.1. The van der Waals surface area contributed by atoms with Gasteiger partial charge in [-0.15, -0.1) is 0 Å². The topological polar surface area (TPSA) is 63.2 Å². The van der Waals surface area contributed by atoms with Crippen LogP contribution in [0.5, 0.6) is 0 Å². The zero-order valence-electron chi connectivity index (χ0n) is 20.4. The number of esters is 1. The molecular formula is C28H36O6. The lowest BCUT2D eigenvalue weighted by molar-refractivity contribution is -0.193. The highest BCUT2D eigenvalue weighted by molar-refractivity contribution is 5.82. The summed E-state index contributed by atoms with van der Waals surface area (Å²) in [5, 5.41) is 0. The summed E-state index contributed by atoms with van der Waals surface area (Å²) in [6, 6.07) is 20.2. The largest absolute Gasteiger partial charge is 0.466 e. The van der Waals surface area contributed by atoms with Gasteiger partial charge < -0.3 is 23.7 Å². The third kappa shape index (κ3) is 8.69. The van der Waals surface area contributed by atoms with E-state index in [4.69, 9.17) is 23.7 Å². The average molecular weight is 469 g/mol. The number of rotatable bonds is 12. The summed E-state index contributed by atoms with van der Waals surface area (Å²) in [4.78, 5) is 11.8. The van der Waals surface area contributed by atoms with E-state index >= 15 is 0 Å². The molecule has 34 heavy (non-hydrogen) atoms. The Hall–Kier alpha value is -2.51. The van der Waals surface area contributed by atoms with E-state index in [2.05, 4.69) is 0 Å². The highest BCUT2D eigenvalue weighted by Gasteiger charge is 2.31. The first-order valence-electron chi connectivity index (χ1n) is 11.9. The minimum absolute atomic E-state index is 0.159. The molecule has 1 aliphatic rings. The van der Waals surface area contributed by atoms with E-state index in [1.807, 2.05) is 74.5 Å².